The van der Waals surface area contributed by atoms with Crippen LogP contribution >= 0.6 is 0 Å². The molecule has 0 aromatic heterocycles. The molecule has 2 aliphatic rings. The van der Waals surface area contributed by atoms with Crippen molar-refractivity contribution in [2.75, 3.05) is 0 Å². The normalized spacial score (nSPS) is 38.6. The summed E-state index contributed by atoms with van der Waals surface area (Å²) in [6.45, 7) is 6.90. The van der Waals surface area contributed by atoms with Gasteiger partial charge in [0.1, 0.15) is 0 Å². The Bertz CT molecular complexity index is 306. The summed E-state index contributed by atoms with van der Waals surface area (Å²) in [4.78, 5) is 0. The predicted octanol–water partition coefficient (Wildman–Crippen LogP) is 4.92. The summed E-state index contributed by atoms with van der Waals surface area (Å²) in [5, 5.41) is 9.45. The fourth-order valence-corrected chi connectivity index (χ4v) is 4.59. The van der Waals surface area contributed by atoms with E-state index in [9.17, 15) is 5.26 Å². The van der Waals surface area contributed by atoms with Crippen molar-refractivity contribution in [3.8, 4) is 6.07 Å². The van der Waals surface area contributed by atoms with E-state index < -0.39 is 0 Å². The van der Waals surface area contributed by atoms with Gasteiger partial charge in [0.25, 0.3) is 0 Å². The lowest BCUT2D eigenvalue weighted by Gasteiger charge is -2.46. The maximum absolute atomic E-state index is 9.45. The molecule has 1 nitrogen and oxygen atoms in total. The van der Waals surface area contributed by atoms with E-state index in [-0.39, 0.29) is 5.41 Å². The predicted molar refractivity (Wildman–Crippen MR) is 71.4 cm³/mol. The van der Waals surface area contributed by atoms with Gasteiger partial charge in [-0.05, 0) is 43.4 Å². The van der Waals surface area contributed by atoms with Crippen LogP contribution in [0.15, 0.2) is 0 Å². The summed E-state index contributed by atoms with van der Waals surface area (Å²) in [6, 6.07) is 2.60. The van der Waals surface area contributed by atoms with Gasteiger partial charge in [0, 0.05) is 0 Å². The Balaban J connectivity index is 2.09. The highest BCUT2D eigenvalue weighted by Crippen LogP contribution is 2.52. The number of nitriles is 1. The molecule has 0 aromatic rings. The summed E-state index contributed by atoms with van der Waals surface area (Å²) >= 11 is 0. The first-order valence-electron chi connectivity index (χ1n) is 7.35. The topological polar surface area (TPSA) is 23.8 Å². The van der Waals surface area contributed by atoms with Crippen molar-refractivity contribution in [2.24, 2.45) is 22.7 Å². The Morgan fingerprint density at radius 3 is 2.18 bits per heavy atom. The van der Waals surface area contributed by atoms with E-state index in [1.54, 1.807) is 0 Å². The molecule has 0 radical (unpaired) electrons. The molecule has 2 aliphatic carbocycles. The number of rotatable bonds is 1. The van der Waals surface area contributed by atoms with Gasteiger partial charge in [-0.2, -0.15) is 5.26 Å². The van der Waals surface area contributed by atoms with Crippen molar-refractivity contribution in [3.63, 3.8) is 0 Å². The van der Waals surface area contributed by atoms with Crippen LogP contribution in [0.3, 0.4) is 0 Å². The second-order valence-electron chi connectivity index (χ2n) is 7.58. The van der Waals surface area contributed by atoms with Crippen molar-refractivity contribution >= 4 is 0 Å². The minimum atomic E-state index is -0.0656. The molecular weight excluding hydrogens is 206 g/mol. The van der Waals surface area contributed by atoms with E-state index in [4.69, 9.17) is 0 Å². The Labute approximate surface area is 107 Å². The van der Waals surface area contributed by atoms with Crippen LogP contribution in [0.2, 0.25) is 0 Å². The van der Waals surface area contributed by atoms with E-state index in [1.165, 1.54) is 38.5 Å². The van der Waals surface area contributed by atoms with Crippen LogP contribution in [0.25, 0.3) is 0 Å². The SMILES string of the molecule is CC1(C)CC(C2CCCCC2)CC(C)(C#N)C1. The molecule has 2 atom stereocenters. The largest absolute Gasteiger partial charge is 0.198 e. The average molecular weight is 233 g/mol. The zero-order valence-electron chi connectivity index (χ0n) is 11.8. The van der Waals surface area contributed by atoms with E-state index in [1.807, 2.05) is 0 Å². The third-order valence-corrected chi connectivity index (χ3v) is 4.98. The highest BCUT2D eigenvalue weighted by molar-refractivity contribution is 5.04. The highest BCUT2D eigenvalue weighted by Gasteiger charge is 2.43. The highest BCUT2D eigenvalue weighted by atomic mass is 14.5. The van der Waals surface area contributed by atoms with Crippen LogP contribution in [0.1, 0.15) is 72.1 Å². The molecule has 0 aromatic carbocycles. The molecule has 0 saturated heterocycles. The minimum absolute atomic E-state index is 0.0656. The number of hydrogen-bond acceptors (Lipinski definition) is 1. The first-order chi connectivity index (χ1) is 7.94. The zero-order valence-corrected chi connectivity index (χ0v) is 11.8. The summed E-state index contributed by atoms with van der Waals surface area (Å²) < 4.78 is 0. The molecule has 1 heteroatoms. The Morgan fingerprint density at radius 1 is 0.941 bits per heavy atom. The maximum atomic E-state index is 9.45. The lowest BCUT2D eigenvalue weighted by Crippen LogP contribution is -2.38. The van der Waals surface area contributed by atoms with Crippen molar-refractivity contribution in [3.05, 3.63) is 0 Å². The standard InChI is InChI=1S/C16H27N/c1-15(2)9-14(10-16(3,11-15)12-17)13-7-5-4-6-8-13/h13-14H,4-11H2,1-3H3. The summed E-state index contributed by atoms with van der Waals surface area (Å²) in [5.41, 5.74) is 0.300. The molecule has 0 bridgehead atoms. The second kappa shape index (κ2) is 4.63. The van der Waals surface area contributed by atoms with Crippen molar-refractivity contribution < 1.29 is 0 Å². The van der Waals surface area contributed by atoms with Gasteiger partial charge in [0.05, 0.1) is 11.5 Å². The van der Waals surface area contributed by atoms with Gasteiger partial charge in [0.15, 0.2) is 0 Å². The van der Waals surface area contributed by atoms with Gasteiger partial charge in [-0.15, -0.1) is 0 Å². The molecule has 2 rings (SSSR count). The molecule has 0 amide bonds. The minimum Gasteiger partial charge on any atom is -0.198 e. The van der Waals surface area contributed by atoms with E-state index in [0.717, 1.165) is 24.7 Å². The van der Waals surface area contributed by atoms with Crippen LogP contribution in [0, 0.1) is 34.0 Å². The van der Waals surface area contributed by atoms with Crippen molar-refractivity contribution in [1.82, 2.24) is 0 Å². The summed E-state index contributed by atoms with van der Waals surface area (Å²) in [6.07, 6.45) is 10.7. The van der Waals surface area contributed by atoms with Gasteiger partial charge in [-0.3, -0.25) is 0 Å². The molecule has 0 spiro atoms. The molecular formula is C16H27N. The lowest BCUT2D eigenvalue weighted by atomic mass is 9.57. The molecule has 96 valence electrons. The average Bonchev–Trinajstić information content (AvgIpc) is 2.28. The van der Waals surface area contributed by atoms with Gasteiger partial charge >= 0.3 is 0 Å². The smallest absolute Gasteiger partial charge is 0.0687 e. The van der Waals surface area contributed by atoms with E-state index >= 15 is 0 Å². The van der Waals surface area contributed by atoms with Crippen molar-refractivity contribution in [1.29, 1.82) is 5.26 Å². The lowest BCUT2D eigenvalue weighted by molar-refractivity contribution is 0.0488. The third kappa shape index (κ3) is 3.03. The molecule has 0 N–H and O–H groups in total. The van der Waals surface area contributed by atoms with Gasteiger partial charge in [0.2, 0.25) is 0 Å². The van der Waals surface area contributed by atoms with Crippen LogP contribution in [0.5, 0.6) is 0 Å². The Hall–Kier alpha value is -0.510. The van der Waals surface area contributed by atoms with Crippen LogP contribution in [-0.4, -0.2) is 0 Å². The molecule has 2 unspecified atom stereocenters. The van der Waals surface area contributed by atoms with Crippen LogP contribution in [0.4, 0.5) is 0 Å². The monoisotopic (exact) mass is 233 g/mol. The fraction of sp³-hybridized carbons (Fsp3) is 0.938. The molecule has 2 fully saturated rings. The van der Waals surface area contributed by atoms with E-state index in [0.29, 0.717) is 5.41 Å². The van der Waals surface area contributed by atoms with Crippen LogP contribution < -0.4 is 0 Å². The summed E-state index contributed by atoms with van der Waals surface area (Å²) in [7, 11) is 0. The molecule has 2 saturated carbocycles. The van der Waals surface area contributed by atoms with Crippen LogP contribution in [-0.2, 0) is 0 Å². The second-order valence-corrected chi connectivity index (χ2v) is 7.58. The van der Waals surface area contributed by atoms with Crippen molar-refractivity contribution in [2.45, 2.75) is 72.1 Å². The fourth-order valence-electron chi connectivity index (χ4n) is 4.59. The Kier molecular flexibility index (Phi) is 3.53. The first-order valence-corrected chi connectivity index (χ1v) is 7.35. The number of nitrogens with zero attached hydrogens (tertiary/aromatic N) is 1. The maximum Gasteiger partial charge on any atom is 0.0687 e. The molecule has 0 heterocycles. The quantitative estimate of drug-likeness (QED) is 0.630. The zero-order chi connectivity index (χ0) is 12.5. The van der Waals surface area contributed by atoms with Gasteiger partial charge in [-0.1, -0.05) is 46.0 Å². The molecule has 0 aliphatic heterocycles. The Morgan fingerprint density at radius 2 is 1.59 bits per heavy atom. The van der Waals surface area contributed by atoms with Gasteiger partial charge < -0.3 is 0 Å². The molecule has 17 heavy (non-hydrogen) atoms. The summed E-state index contributed by atoms with van der Waals surface area (Å²) in [5.74, 6) is 1.72. The first kappa shape index (κ1) is 12.9. The van der Waals surface area contributed by atoms with Gasteiger partial charge in [-0.25, -0.2) is 0 Å². The number of hydrogen-bond donors (Lipinski definition) is 0. The third-order valence-electron chi connectivity index (χ3n) is 4.98. The van der Waals surface area contributed by atoms with E-state index in [2.05, 4.69) is 26.8 Å².